The highest BCUT2D eigenvalue weighted by Crippen LogP contribution is 2.31. The van der Waals surface area contributed by atoms with Gasteiger partial charge in [0.1, 0.15) is 15.6 Å². The van der Waals surface area contributed by atoms with Crippen LogP contribution in [0, 0.1) is 19.8 Å². The fourth-order valence-corrected chi connectivity index (χ4v) is 4.62. The first-order valence-electron chi connectivity index (χ1n) is 9.50. The number of carbonyl (C=O) groups is 2. The van der Waals surface area contributed by atoms with Gasteiger partial charge in [-0.15, -0.1) is 16.4 Å². The molecule has 0 radical (unpaired) electrons. The van der Waals surface area contributed by atoms with Gasteiger partial charge in [-0.1, -0.05) is 23.4 Å². The van der Waals surface area contributed by atoms with Crippen LogP contribution in [0.15, 0.2) is 30.3 Å². The van der Waals surface area contributed by atoms with Gasteiger partial charge in [-0.25, -0.2) is 9.67 Å². The van der Waals surface area contributed by atoms with Gasteiger partial charge >= 0.3 is 0 Å². The van der Waals surface area contributed by atoms with E-state index in [1.165, 1.54) is 11.3 Å². The predicted octanol–water partition coefficient (Wildman–Crippen LogP) is 2.35. The number of piperidine rings is 1. The van der Waals surface area contributed by atoms with E-state index < -0.39 is 0 Å². The molecule has 3 heterocycles. The molecule has 2 N–H and O–H groups in total. The molecular weight excluding hydrogens is 388 g/mol. The van der Waals surface area contributed by atoms with E-state index >= 15 is 0 Å². The van der Waals surface area contributed by atoms with Crippen molar-refractivity contribution in [3.8, 4) is 16.4 Å². The van der Waals surface area contributed by atoms with Gasteiger partial charge in [-0.2, -0.15) is 0 Å². The Morgan fingerprint density at radius 1 is 1.14 bits per heavy atom. The number of benzene rings is 1. The van der Waals surface area contributed by atoms with Gasteiger partial charge in [-0.05, 0) is 38.8 Å². The minimum atomic E-state index is -0.287. The van der Waals surface area contributed by atoms with E-state index in [1.54, 1.807) is 9.58 Å². The maximum Gasteiger partial charge on any atom is 0.265 e. The van der Waals surface area contributed by atoms with Crippen LogP contribution in [0.4, 0.5) is 0 Å². The van der Waals surface area contributed by atoms with Crippen molar-refractivity contribution in [1.29, 1.82) is 0 Å². The van der Waals surface area contributed by atoms with Crippen LogP contribution >= 0.6 is 11.3 Å². The lowest BCUT2D eigenvalue weighted by atomic mass is 9.96. The van der Waals surface area contributed by atoms with E-state index in [0.29, 0.717) is 47.2 Å². The lowest BCUT2D eigenvalue weighted by Crippen LogP contribution is -2.41. The number of thiazole rings is 1. The van der Waals surface area contributed by atoms with Gasteiger partial charge in [0.05, 0.1) is 17.1 Å². The van der Waals surface area contributed by atoms with Crippen LogP contribution in [-0.4, -0.2) is 49.8 Å². The van der Waals surface area contributed by atoms with Crippen molar-refractivity contribution in [1.82, 2.24) is 24.9 Å². The van der Waals surface area contributed by atoms with E-state index in [9.17, 15) is 9.59 Å². The Morgan fingerprint density at radius 3 is 2.48 bits per heavy atom. The average molecular weight is 411 g/mol. The van der Waals surface area contributed by atoms with Crippen molar-refractivity contribution < 1.29 is 9.59 Å². The molecule has 3 aromatic rings. The lowest BCUT2D eigenvalue weighted by Gasteiger charge is -2.30. The van der Waals surface area contributed by atoms with Gasteiger partial charge < -0.3 is 10.6 Å². The zero-order valence-corrected chi connectivity index (χ0v) is 17.1. The van der Waals surface area contributed by atoms with Gasteiger partial charge in [0.15, 0.2) is 0 Å². The van der Waals surface area contributed by atoms with E-state index in [-0.39, 0.29) is 17.7 Å². The minimum absolute atomic E-state index is 0.0534. The van der Waals surface area contributed by atoms with E-state index in [0.717, 1.165) is 11.4 Å². The topological polar surface area (TPSA) is 107 Å². The quantitative estimate of drug-likeness (QED) is 0.710. The molecule has 0 atom stereocenters. The summed E-state index contributed by atoms with van der Waals surface area (Å²) in [5.41, 5.74) is 8.53. The number of aromatic nitrogens is 4. The Hall–Kier alpha value is -3.07. The monoisotopic (exact) mass is 410 g/mol. The summed E-state index contributed by atoms with van der Waals surface area (Å²) >= 11 is 1.33. The zero-order chi connectivity index (χ0) is 20.5. The molecule has 2 aromatic heterocycles. The van der Waals surface area contributed by atoms with Crippen LogP contribution < -0.4 is 5.73 Å². The molecule has 0 saturated carbocycles. The number of amides is 2. The summed E-state index contributed by atoms with van der Waals surface area (Å²) in [4.78, 5) is 31.3. The first kappa shape index (κ1) is 19.3. The van der Waals surface area contributed by atoms with Gasteiger partial charge in [0.2, 0.25) is 5.91 Å². The Labute approximate surface area is 172 Å². The molecule has 2 amide bonds. The molecule has 0 bridgehead atoms. The number of aryl methyl sites for hydroxylation is 1. The summed E-state index contributed by atoms with van der Waals surface area (Å²) in [7, 11) is 0. The van der Waals surface area contributed by atoms with E-state index in [4.69, 9.17) is 5.73 Å². The molecule has 1 saturated heterocycles. The first-order chi connectivity index (χ1) is 14.0. The second-order valence-electron chi connectivity index (χ2n) is 7.17. The normalized spacial score (nSPS) is 14.9. The SMILES string of the molecule is Cc1nc(-c2nnn(-c3ccccc3)c2C)sc1C(=O)N1CCC(C(N)=O)CC1. The van der Waals surface area contributed by atoms with Crippen LogP contribution in [0.2, 0.25) is 0 Å². The van der Waals surface area contributed by atoms with Crippen LogP contribution in [0.25, 0.3) is 16.4 Å². The smallest absolute Gasteiger partial charge is 0.265 e. The number of likely N-dealkylation sites (tertiary alicyclic amines) is 1. The molecule has 150 valence electrons. The Kier molecular flexibility index (Phi) is 5.14. The second-order valence-corrected chi connectivity index (χ2v) is 8.17. The van der Waals surface area contributed by atoms with Crippen molar-refractivity contribution in [3.63, 3.8) is 0 Å². The van der Waals surface area contributed by atoms with Crippen LogP contribution in [0.1, 0.15) is 33.9 Å². The molecule has 0 aliphatic carbocycles. The molecule has 1 aromatic carbocycles. The maximum absolute atomic E-state index is 13.0. The summed E-state index contributed by atoms with van der Waals surface area (Å²) in [6.07, 6.45) is 1.21. The second kappa shape index (κ2) is 7.75. The summed E-state index contributed by atoms with van der Waals surface area (Å²) in [5.74, 6) is -0.486. The third kappa shape index (κ3) is 3.65. The molecule has 0 spiro atoms. The summed E-state index contributed by atoms with van der Waals surface area (Å²) in [5, 5.41) is 9.24. The number of para-hydroxylation sites is 1. The lowest BCUT2D eigenvalue weighted by molar-refractivity contribution is -0.123. The number of hydrogen-bond donors (Lipinski definition) is 1. The fraction of sp³-hybridized carbons (Fsp3) is 0.350. The Balaban J connectivity index is 1.57. The number of nitrogens with two attached hydrogens (primary N) is 1. The highest BCUT2D eigenvalue weighted by Gasteiger charge is 2.29. The summed E-state index contributed by atoms with van der Waals surface area (Å²) in [6.45, 7) is 4.83. The van der Waals surface area contributed by atoms with Crippen molar-refractivity contribution in [2.45, 2.75) is 26.7 Å². The summed E-state index contributed by atoms with van der Waals surface area (Å²) in [6, 6.07) is 9.76. The average Bonchev–Trinajstić information content (AvgIpc) is 3.30. The molecule has 29 heavy (non-hydrogen) atoms. The molecule has 4 rings (SSSR count). The Bertz CT molecular complexity index is 1050. The molecule has 1 aliphatic heterocycles. The highest BCUT2D eigenvalue weighted by molar-refractivity contribution is 7.17. The number of hydrogen-bond acceptors (Lipinski definition) is 6. The van der Waals surface area contributed by atoms with Crippen LogP contribution in [-0.2, 0) is 4.79 Å². The van der Waals surface area contributed by atoms with E-state index in [1.807, 2.05) is 44.2 Å². The van der Waals surface area contributed by atoms with Crippen molar-refractivity contribution >= 4 is 23.2 Å². The van der Waals surface area contributed by atoms with E-state index in [2.05, 4.69) is 15.3 Å². The van der Waals surface area contributed by atoms with Crippen LogP contribution in [0.3, 0.4) is 0 Å². The van der Waals surface area contributed by atoms with Crippen LogP contribution in [0.5, 0.6) is 0 Å². The zero-order valence-electron chi connectivity index (χ0n) is 16.3. The number of nitrogens with zero attached hydrogens (tertiary/aromatic N) is 5. The molecule has 1 aliphatic rings. The molecule has 0 unspecified atom stereocenters. The highest BCUT2D eigenvalue weighted by atomic mass is 32.1. The van der Waals surface area contributed by atoms with Gasteiger partial charge in [0, 0.05) is 19.0 Å². The van der Waals surface area contributed by atoms with Crippen molar-refractivity contribution in [3.05, 3.63) is 46.6 Å². The minimum Gasteiger partial charge on any atom is -0.369 e. The summed E-state index contributed by atoms with van der Waals surface area (Å²) < 4.78 is 1.77. The largest absolute Gasteiger partial charge is 0.369 e. The third-order valence-electron chi connectivity index (χ3n) is 5.27. The number of carbonyl (C=O) groups excluding carboxylic acids is 2. The van der Waals surface area contributed by atoms with Gasteiger partial charge in [-0.3, -0.25) is 9.59 Å². The molecular formula is C20H22N6O2S. The standard InChI is InChI=1S/C20H22N6O2S/c1-12-17(20(28)25-10-8-14(9-11-25)18(21)27)29-19(22-12)16-13(2)26(24-23-16)15-6-4-3-5-7-15/h3-7,14H,8-11H2,1-2H3,(H2,21,27). The fourth-order valence-electron chi connectivity index (χ4n) is 3.55. The number of primary amides is 1. The molecule has 1 fully saturated rings. The Morgan fingerprint density at radius 2 is 1.83 bits per heavy atom. The molecule has 8 nitrogen and oxygen atoms in total. The van der Waals surface area contributed by atoms with Crippen molar-refractivity contribution in [2.75, 3.05) is 13.1 Å². The predicted molar refractivity (Wildman–Crippen MR) is 110 cm³/mol. The maximum atomic E-state index is 13.0. The molecule has 9 heteroatoms. The first-order valence-corrected chi connectivity index (χ1v) is 10.3. The third-order valence-corrected chi connectivity index (χ3v) is 6.43. The van der Waals surface area contributed by atoms with Gasteiger partial charge in [0.25, 0.3) is 5.91 Å². The van der Waals surface area contributed by atoms with Crippen molar-refractivity contribution in [2.24, 2.45) is 11.7 Å². The number of rotatable bonds is 4.